The molecule has 0 bridgehead atoms. The number of hydrogen-bond donors (Lipinski definition) is 1. The molecule has 0 radical (unpaired) electrons. The van der Waals surface area contributed by atoms with E-state index in [1.807, 2.05) is 78.9 Å². The second-order valence-electron chi connectivity index (χ2n) is 10.3. The van der Waals surface area contributed by atoms with E-state index in [1.54, 1.807) is 0 Å². The number of nitrogens with one attached hydrogen (secondary N) is 1. The Hall–Kier alpha value is -4.40. The summed E-state index contributed by atoms with van der Waals surface area (Å²) in [4.78, 5) is 13.6. The van der Waals surface area contributed by atoms with Crippen LogP contribution in [0.2, 0.25) is 0 Å². The lowest BCUT2D eigenvalue weighted by Gasteiger charge is -2.12. The highest BCUT2D eigenvalue weighted by Crippen LogP contribution is 2.30. The van der Waals surface area contributed by atoms with Crippen LogP contribution in [-0.4, -0.2) is 29.8 Å². The van der Waals surface area contributed by atoms with Crippen molar-refractivity contribution in [2.45, 2.75) is 52.6 Å². The number of nitrogens with zero attached hydrogens (tertiary/aromatic N) is 5. The summed E-state index contributed by atoms with van der Waals surface area (Å²) in [5, 5.41) is 14.4. The zero-order valence-electron chi connectivity index (χ0n) is 22.6. The quantitative estimate of drug-likeness (QED) is 0.212. The third kappa shape index (κ3) is 5.93. The van der Waals surface area contributed by atoms with Crippen molar-refractivity contribution in [2.75, 3.05) is 0 Å². The molecule has 3 aromatic carbocycles. The number of imidazole rings is 1. The van der Waals surface area contributed by atoms with Crippen molar-refractivity contribution in [3.05, 3.63) is 112 Å². The van der Waals surface area contributed by atoms with Gasteiger partial charge in [-0.15, -0.1) is 10.2 Å². The van der Waals surface area contributed by atoms with E-state index in [2.05, 4.69) is 34.5 Å². The largest absolute Gasteiger partial charge is 0.329 e. The van der Waals surface area contributed by atoms with Gasteiger partial charge in [0.15, 0.2) is 0 Å². The maximum Gasteiger partial charge on any atom is 0.329 e. The van der Waals surface area contributed by atoms with E-state index in [0.717, 1.165) is 27.8 Å². The van der Waals surface area contributed by atoms with Gasteiger partial charge in [-0.1, -0.05) is 92.7 Å². The van der Waals surface area contributed by atoms with E-state index in [1.165, 1.54) is 9.13 Å². The van der Waals surface area contributed by atoms with E-state index in [0.29, 0.717) is 36.7 Å². The Morgan fingerprint density at radius 3 is 2.17 bits per heavy atom. The number of tetrazole rings is 1. The van der Waals surface area contributed by atoms with Crippen LogP contribution in [0.15, 0.2) is 83.7 Å². The Morgan fingerprint density at radius 2 is 1.52 bits per heavy atom. The van der Waals surface area contributed by atoms with Crippen molar-refractivity contribution in [3.8, 4) is 22.5 Å². The lowest BCUT2D eigenvalue weighted by atomic mass is 9.98. The van der Waals surface area contributed by atoms with E-state index < -0.39 is 12.1 Å². The van der Waals surface area contributed by atoms with Gasteiger partial charge in [0.05, 0.1) is 6.54 Å². The Balaban J connectivity index is 1.47. The van der Waals surface area contributed by atoms with Gasteiger partial charge in [0.2, 0.25) is 5.82 Å². The zero-order valence-corrected chi connectivity index (χ0v) is 22.6. The number of aromatic nitrogens is 6. The first-order valence-corrected chi connectivity index (χ1v) is 13.5. The molecule has 5 rings (SSSR count). The number of hydrogen-bond acceptors (Lipinski definition) is 4. The van der Waals surface area contributed by atoms with Gasteiger partial charge in [0.25, 0.3) is 6.43 Å². The van der Waals surface area contributed by atoms with E-state index in [-0.39, 0.29) is 18.8 Å². The predicted octanol–water partition coefficient (Wildman–Crippen LogP) is 6.31. The molecule has 0 fully saturated rings. The van der Waals surface area contributed by atoms with Crippen molar-refractivity contribution in [3.63, 3.8) is 0 Å². The molecule has 1 N–H and O–H groups in total. The number of alkyl halides is 2. The number of aryl methyl sites for hydroxylation is 1. The monoisotopic (exact) mass is 542 g/mol. The summed E-state index contributed by atoms with van der Waals surface area (Å²) >= 11 is 0. The van der Waals surface area contributed by atoms with Crippen LogP contribution in [0.3, 0.4) is 0 Å². The van der Waals surface area contributed by atoms with Gasteiger partial charge in [0.1, 0.15) is 5.69 Å². The van der Waals surface area contributed by atoms with Gasteiger partial charge in [-0.3, -0.25) is 9.13 Å². The highest BCUT2D eigenvalue weighted by molar-refractivity contribution is 5.80. The van der Waals surface area contributed by atoms with Crippen molar-refractivity contribution in [1.82, 2.24) is 29.8 Å². The van der Waals surface area contributed by atoms with Crippen molar-refractivity contribution in [2.24, 2.45) is 5.92 Å². The van der Waals surface area contributed by atoms with E-state index in [4.69, 9.17) is 0 Å². The van der Waals surface area contributed by atoms with Crippen LogP contribution in [0, 0.1) is 5.92 Å². The molecule has 5 aromatic rings. The van der Waals surface area contributed by atoms with E-state index >= 15 is 0 Å². The van der Waals surface area contributed by atoms with Crippen LogP contribution in [0.25, 0.3) is 22.5 Å². The van der Waals surface area contributed by atoms with Crippen LogP contribution in [0.5, 0.6) is 0 Å². The molecule has 0 saturated carbocycles. The summed E-state index contributed by atoms with van der Waals surface area (Å²) in [6, 6.07) is 25.2. The van der Waals surface area contributed by atoms with Crippen LogP contribution in [-0.2, 0) is 25.9 Å². The Bertz CT molecular complexity index is 1590. The normalized spacial score (nSPS) is 11.6. The molecule has 2 heterocycles. The molecule has 0 amide bonds. The molecule has 0 spiro atoms. The Kier molecular flexibility index (Phi) is 8.28. The smallest absolute Gasteiger partial charge is 0.291 e. The third-order valence-corrected chi connectivity index (χ3v) is 7.13. The molecule has 7 nitrogen and oxygen atoms in total. The van der Waals surface area contributed by atoms with Crippen LogP contribution in [0.1, 0.15) is 49.2 Å². The minimum atomic E-state index is -2.74. The molecule has 0 aliphatic heterocycles. The van der Waals surface area contributed by atoms with Crippen LogP contribution >= 0.6 is 0 Å². The average molecular weight is 543 g/mol. The second-order valence-corrected chi connectivity index (χ2v) is 10.3. The van der Waals surface area contributed by atoms with Crippen molar-refractivity contribution >= 4 is 0 Å². The lowest BCUT2D eigenvalue weighted by molar-refractivity contribution is 0.139. The fraction of sp³-hybridized carbons (Fsp3) is 0.290. The highest BCUT2D eigenvalue weighted by Gasteiger charge is 2.26. The maximum atomic E-state index is 14.5. The van der Waals surface area contributed by atoms with E-state index in [9.17, 15) is 13.6 Å². The SMILES string of the molecule is CC(C)CCc1c(C(F)F)n(CCc2ccccc2)c(=O)n1Cc1ccc(-c2ccccc2-c2nn[nH]n2)cc1. The minimum absolute atomic E-state index is 0.160. The first-order chi connectivity index (χ1) is 19.4. The summed E-state index contributed by atoms with van der Waals surface area (Å²) in [7, 11) is 0. The predicted molar refractivity (Wildman–Crippen MR) is 151 cm³/mol. The zero-order chi connectivity index (χ0) is 28.1. The number of aromatic amines is 1. The van der Waals surface area contributed by atoms with Gasteiger partial charge < -0.3 is 0 Å². The summed E-state index contributed by atoms with van der Waals surface area (Å²) in [6.45, 7) is 4.54. The van der Waals surface area contributed by atoms with Gasteiger partial charge in [-0.2, -0.15) is 5.21 Å². The topological polar surface area (TPSA) is 81.4 Å². The summed E-state index contributed by atoms with van der Waals surface area (Å²) in [5.41, 5.74) is 4.46. The van der Waals surface area contributed by atoms with Gasteiger partial charge in [-0.05, 0) is 52.6 Å². The number of halogens is 2. The van der Waals surface area contributed by atoms with Crippen molar-refractivity contribution < 1.29 is 8.78 Å². The Morgan fingerprint density at radius 1 is 0.825 bits per heavy atom. The summed E-state index contributed by atoms with van der Waals surface area (Å²) < 4.78 is 31.8. The Labute approximate surface area is 231 Å². The van der Waals surface area contributed by atoms with Gasteiger partial charge in [0, 0.05) is 17.8 Å². The summed E-state index contributed by atoms with van der Waals surface area (Å²) in [6.07, 6.45) is -1.10. The van der Waals surface area contributed by atoms with Crippen LogP contribution < -0.4 is 5.69 Å². The average Bonchev–Trinajstić information content (AvgIpc) is 3.59. The number of benzene rings is 3. The summed E-state index contributed by atoms with van der Waals surface area (Å²) in [5.74, 6) is 0.817. The molecule has 0 saturated heterocycles. The first-order valence-electron chi connectivity index (χ1n) is 13.5. The molecule has 40 heavy (non-hydrogen) atoms. The third-order valence-electron chi connectivity index (χ3n) is 7.13. The van der Waals surface area contributed by atoms with Crippen LogP contribution in [0.4, 0.5) is 8.78 Å². The molecule has 9 heteroatoms. The van der Waals surface area contributed by atoms with Gasteiger partial charge >= 0.3 is 5.69 Å². The molecular weight excluding hydrogens is 510 g/mol. The maximum absolute atomic E-state index is 14.5. The molecule has 0 aliphatic rings. The molecule has 0 aliphatic carbocycles. The first kappa shape index (κ1) is 27.2. The molecule has 206 valence electrons. The number of H-pyrrole nitrogens is 1. The molecule has 0 atom stereocenters. The molecular formula is C31H32F2N6O. The fourth-order valence-corrected chi connectivity index (χ4v) is 5.03. The highest BCUT2D eigenvalue weighted by atomic mass is 19.3. The van der Waals surface area contributed by atoms with Gasteiger partial charge in [-0.25, -0.2) is 13.6 Å². The fourth-order valence-electron chi connectivity index (χ4n) is 5.03. The second kappa shape index (κ2) is 12.2. The molecule has 2 aromatic heterocycles. The molecule has 0 unspecified atom stereocenters. The number of rotatable bonds is 11. The van der Waals surface area contributed by atoms with Crippen molar-refractivity contribution in [1.29, 1.82) is 0 Å². The lowest BCUT2D eigenvalue weighted by Crippen LogP contribution is -2.27. The standard InChI is InChI=1S/C31H32F2N6O/c1-21(2)12-17-27-28(29(32)33)38(19-18-22-8-4-3-5-9-22)31(40)39(27)20-23-13-15-24(16-14-23)25-10-6-7-11-26(25)30-34-36-37-35-30/h3-11,13-16,21,29H,12,17-20H2,1-2H3,(H,34,35,36,37). The minimum Gasteiger partial charge on any atom is -0.291 e.